The lowest BCUT2D eigenvalue weighted by Crippen LogP contribution is -2.00. The first-order valence-corrected chi connectivity index (χ1v) is 18.5. The van der Waals surface area contributed by atoms with E-state index in [4.69, 9.17) is 24.9 Å². The Hall–Kier alpha value is -7.83. The van der Waals surface area contributed by atoms with Crippen molar-refractivity contribution in [1.82, 2.24) is 24.1 Å². The van der Waals surface area contributed by atoms with Crippen molar-refractivity contribution in [3.63, 3.8) is 0 Å². The van der Waals surface area contributed by atoms with Crippen molar-refractivity contribution in [1.29, 1.82) is 0 Å². The van der Waals surface area contributed by atoms with E-state index in [1.54, 1.807) is 6.07 Å². The molecule has 0 unspecified atom stereocenters. The smallest absolute Gasteiger partial charge is 0.164 e. The zero-order valence-corrected chi connectivity index (χ0v) is 30.0. The van der Waals surface area contributed by atoms with E-state index in [-0.39, 0.29) is 53.1 Å². The second-order valence-electron chi connectivity index (χ2n) is 13.9. The summed E-state index contributed by atoms with van der Waals surface area (Å²) in [6.07, 6.45) is 0. The van der Waals surface area contributed by atoms with Crippen molar-refractivity contribution in [3.05, 3.63) is 188 Å². The van der Waals surface area contributed by atoms with Gasteiger partial charge in [-0.3, -0.25) is 0 Å². The fraction of sp³-hybridized carbons (Fsp3) is 0. The monoisotopic (exact) mass is 736 g/mol. The maximum absolute atomic E-state index is 9.54. The van der Waals surface area contributed by atoms with Crippen LogP contribution in [0.15, 0.2) is 192 Å². The molecule has 12 rings (SSSR count). The van der Waals surface area contributed by atoms with Crippen LogP contribution in [0.1, 0.15) is 9.60 Å². The normalized spacial score (nSPS) is 13.6. The van der Waals surface area contributed by atoms with E-state index in [9.17, 15) is 4.11 Å². The molecule has 0 saturated heterocycles. The summed E-state index contributed by atoms with van der Waals surface area (Å²) in [7, 11) is 0. The number of benzene rings is 8. The van der Waals surface area contributed by atoms with Gasteiger partial charge in [0.25, 0.3) is 0 Å². The highest BCUT2D eigenvalue weighted by Crippen LogP contribution is 2.42. The number of furan rings is 1. The standard InChI is InChI=1S/C51H31N5O/c1-4-14-32(15-5-1)49-52-50(33-16-6-2-7-17-33)54-51(53-49)34-24-29-45-42(30-34)39-26-25-36(31-46(39)57-45)56-44-23-13-11-21-38(44)41-28-27-40-37-20-10-12-22-43(37)55(47(40)48(41)56)35-18-8-3-9-19-35/h1-31H/i10D,11D,20D,22D,23D,27D,28D. The SMILES string of the molecule is [2H]c1cc([2H])c2c(c1)c1c([2H])c([2H])c3c4c([2H])c([2H])cc([2H])c4n(-c4ccccc4)c3c1n2-c1ccc2c(c1)oc1ccc(-c3nc(-c4ccccc4)nc(-c4ccccc4)n3)cc12. The van der Waals surface area contributed by atoms with Crippen LogP contribution in [0, 0.1) is 0 Å². The van der Waals surface area contributed by atoms with Crippen LogP contribution in [0.5, 0.6) is 0 Å². The minimum Gasteiger partial charge on any atom is -0.456 e. The number of para-hydroxylation sites is 3. The molecule has 0 aliphatic heterocycles. The average Bonchev–Trinajstić information content (AvgIpc) is 3.99. The third kappa shape index (κ3) is 4.87. The predicted molar refractivity (Wildman–Crippen MR) is 232 cm³/mol. The van der Waals surface area contributed by atoms with E-state index in [1.807, 2.05) is 137 Å². The summed E-state index contributed by atoms with van der Waals surface area (Å²) >= 11 is 0. The van der Waals surface area contributed by atoms with Crippen molar-refractivity contribution >= 4 is 65.6 Å². The van der Waals surface area contributed by atoms with Gasteiger partial charge in [-0.2, -0.15) is 0 Å². The Morgan fingerprint density at radius 1 is 0.386 bits per heavy atom. The van der Waals surface area contributed by atoms with E-state index in [0.29, 0.717) is 72.9 Å². The average molecular weight is 737 g/mol. The molecule has 0 amide bonds. The highest BCUT2D eigenvalue weighted by molar-refractivity contribution is 6.24. The first kappa shape index (κ1) is 25.3. The largest absolute Gasteiger partial charge is 0.456 e. The third-order valence-corrected chi connectivity index (χ3v) is 10.6. The minimum atomic E-state index is -0.171. The summed E-state index contributed by atoms with van der Waals surface area (Å²) in [5.41, 5.74) is 6.61. The summed E-state index contributed by atoms with van der Waals surface area (Å²) in [6.45, 7) is 0. The number of fused-ring (bicyclic) bond motifs is 10. The summed E-state index contributed by atoms with van der Waals surface area (Å²) in [5, 5.41) is 2.95. The molecule has 266 valence electrons. The van der Waals surface area contributed by atoms with Gasteiger partial charge in [0.2, 0.25) is 0 Å². The van der Waals surface area contributed by atoms with Crippen molar-refractivity contribution in [2.75, 3.05) is 0 Å². The van der Waals surface area contributed by atoms with Gasteiger partial charge >= 0.3 is 0 Å². The first-order valence-electron chi connectivity index (χ1n) is 22.0. The van der Waals surface area contributed by atoms with Crippen LogP contribution in [-0.4, -0.2) is 24.1 Å². The molecule has 0 bridgehead atoms. The lowest BCUT2D eigenvalue weighted by molar-refractivity contribution is 0.668. The molecule has 0 N–H and O–H groups in total. The zero-order chi connectivity index (χ0) is 43.5. The molecule has 0 radical (unpaired) electrons. The molecule has 4 heterocycles. The van der Waals surface area contributed by atoms with Gasteiger partial charge in [-0.1, -0.05) is 127 Å². The lowest BCUT2D eigenvalue weighted by atomic mass is 10.1. The van der Waals surface area contributed by atoms with Crippen LogP contribution in [0.3, 0.4) is 0 Å². The van der Waals surface area contributed by atoms with E-state index in [2.05, 4.69) is 0 Å². The van der Waals surface area contributed by atoms with Gasteiger partial charge in [0.05, 0.1) is 37.3 Å². The van der Waals surface area contributed by atoms with Gasteiger partial charge < -0.3 is 13.6 Å². The van der Waals surface area contributed by atoms with E-state index in [0.717, 1.165) is 27.5 Å². The number of hydrogen-bond donors (Lipinski definition) is 0. The Balaban J connectivity index is 1.13. The van der Waals surface area contributed by atoms with E-state index in [1.165, 1.54) is 12.1 Å². The van der Waals surface area contributed by atoms with Crippen LogP contribution in [0.2, 0.25) is 0 Å². The Kier molecular flexibility index (Phi) is 5.48. The van der Waals surface area contributed by atoms with Crippen molar-refractivity contribution < 1.29 is 14.0 Å². The Morgan fingerprint density at radius 2 is 0.982 bits per heavy atom. The topological polar surface area (TPSA) is 61.7 Å². The van der Waals surface area contributed by atoms with Crippen LogP contribution in [-0.2, 0) is 0 Å². The lowest BCUT2D eigenvalue weighted by Gasteiger charge is -2.12. The van der Waals surface area contributed by atoms with Gasteiger partial charge in [-0.05, 0) is 54.5 Å². The minimum absolute atomic E-state index is 0.000212. The molecular weight excluding hydrogens is 699 g/mol. The molecule has 6 nitrogen and oxygen atoms in total. The van der Waals surface area contributed by atoms with Gasteiger partial charge in [-0.15, -0.1) is 0 Å². The first-order chi connectivity index (χ1) is 31.1. The maximum Gasteiger partial charge on any atom is 0.164 e. The van der Waals surface area contributed by atoms with Crippen LogP contribution in [0.25, 0.3) is 111 Å². The molecule has 0 aliphatic carbocycles. The number of nitrogens with zero attached hydrogens (tertiary/aromatic N) is 5. The van der Waals surface area contributed by atoms with Crippen molar-refractivity contribution in [2.45, 2.75) is 0 Å². The predicted octanol–water partition coefficient (Wildman–Crippen LogP) is 13.0. The maximum atomic E-state index is 9.54. The summed E-state index contributed by atoms with van der Waals surface area (Å²) in [5.74, 6) is 1.61. The highest BCUT2D eigenvalue weighted by atomic mass is 16.3. The fourth-order valence-electron chi connectivity index (χ4n) is 8.05. The number of aromatic nitrogens is 5. The second kappa shape index (κ2) is 12.3. The molecule has 8 aromatic carbocycles. The molecule has 12 aromatic rings. The van der Waals surface area contributed by atoms with Gasteiger partial charge in [0.15, 0.2) is 17.5 Å². The number of hydrogen-bond acceptors (Lipinski definition) is 4. The van der Waals surface area contributed by atoms with Gasteiger partial charge in [-0.25, -0.2) is 15.0 Å². The number of rotatable bonds is 5. The molecule has 57 heavy (non-hydrogen) atoms. The molecule has 4 aromatic heterocycles. The Labute approximate surface area is 336 Å². The fourth-order valence-corrected chi connectivity index (χ4v) is 8.05. The van der Waals surface area contributed by atoms with E-state index < -0.39 is 0 Å². The Bertz CT molecular complexity index is 3870. The quantitative estimate of drug-likeness (QED) is 0.176. The summed E-state index contributed by atoms with van der Waals surface area (Å²) < 4.78 is 74.1. The molecule has 6 heteroatoms. The summed E-state index contributed by atoms with van der Waals surface area (Å²) in [6, 6.07) is 44.5. The van der Waals surface area contributed by atoms with Crippen LogP contribution < -0.4 is 0 Å². The third-order valence-electron chi connectivity index (χ3n) is 10.6. The van der Waals surface area contributed by atoms with E-state index >= 15 is 0 Å². The molecule has 0 atom stereocenters. The van der Waals surface area contributed by atoms with Gasteiger partial charge in [0, 0.05) is 60.8 Å². The Morgan fingerprint density at radius 3 is 1.68 bits per heavy atom. The molecular formula is C51H31N5O. The molecule has 0 saturated carbocycles. The molecule has 0 aliphatic rings. The molecule has 0 spiro atoms. The molecule has 0 fully saturated rings. The zero-order valence-electron chi connectivity index (χ0n) is 37.0. The summed E-state index contributed by atoms with van der Waals surface area (Å²) in [4.78, 5) is 14.7. The van der Waals surface area contributed by atoms with Crippen LogP contribution >= 0.6 is 0 Å². The highest BCUT2D eigenvalue weighted by Gasteiger charge is 2.22. The van der Waals surface area contributed by atoms with Crippen LogP contribution in [0.4, 0.5) is 0 Å². The second-order valence-corrected chi connectivity index (χ2v) is 13.9. The van der Waals surface area contributed by atoms with Crippen molar-refractivity contribution in [3.8, 4) is 45.5 Å². The van der Waals surface area contributed by atoms with Crippen molar-refractivity contribution in [2.24, 2.45) is 0 Å². The van der Waals surface area contributed by atoms with Gasteiger partial charge in [0.1, 0.15) is 11.2 Å².